The third-order valence-corrected chi connectivity index (χ3v) is 3.14. The lowest BCUT2D eigenvalue weighted by molar-refractivity contribution is -0.386. The molecule has 2 N–H and O–H groups in total. The first-order chi connectivity index (χ1) is 9.73. The Labute approximate surface area is 121 Å². The molecule has 0 aliphatic heterocycles. The molecular formula is C12H18N4O5. The molecule has 1 rings (SSSR count). The predicted octanol–water partition coefficient (Wildman–Crippen LogP) is 0.635. The summed E-state index contributed by atoms with van der Waals surface area (Å²) in [6.45, 7) is 4.68. The fraction of sp³-hybridized carbons (Fsp3) is 0.583. The van der Waals surface area contributed by atoms with E-state index in [1.54, 1.807) is 6.92 Å². The smallest absolute Gasteiger partial charge is 0.312 e. The maximum absolute atomic E-state index is 11.7. The molecule has 0 aliphatic carbocycles. The van der Waals surface area contributed by atoms with Crippen LogP contribution in [0.25, 0.3) is 0 Å². The predicted molar refractivity (Wildman–Crippen MR) is 72.8 cm³/mol. The number of aliphatic carboxylic acids is 1. The van der Waals surface area contributed by atoms with Gasteiger partial charge in [-0.2, -0.15) is 5.10 Å². The van der Waals surface area contributed by atoms with E-state index in [9.17, 15) is 19.7 Å². The molecule has 1 atom stereocenters. The number of aromatic nitrogens is 2. The molecule has 0 aromatic carbocycles. The molecule has 9 nitrogen and oxygen atoms in total. The van der Waals surface area contributed by atoms with Crippen LogP contribution >= 0.6 is 0 Å². The van der Waals surface area contributed by atoms with E-state index in [2.05, 4.69) is 10.4 Å². The monoisotopic (exact) mass is 298 g/mol. The Bertz CT molecular complexity index is 566. The summed E-state index contributed by atoms with van der Waals surface area (Å²) in [5, 5.41) is 26.1. The highest BCUT2D eigenvalue weighted by Gasteiger charge is 2.22. The number of amides is 1. The number of carboxylic acid groups (broad SMARTS) is 1. The number of carbonyl (C=O) groups excluding carboxylic acids is 1. The second kappa shape index (κ2) is 6.82. The van der Waals surface area contributed by atoms with Gasteiger partial charge in [0.2, 0.25) is 5.91 Å². The molecule has 1 aromatic rings. The Morgan fingerprint density at radius 3 is 2.57 bits per heavy atom. The van der Waals surface area contributed by atoms with Crippen molar-refractivity contribution >= 4 is 17.6 Å². The van der Waals surface area contributed by atoms with Crippen molar-refractivity contribution in [2.24, 2.45) is 5.92 Å². The van der Waals surface area contributed by atoms with Crippen LogP contribution in [0.4, 0.5) is 5.69 Å². The van der Waals surface area contributed by atoms with E-state index in [0.717, 1.165) is 0 Å². The van der Waals surface area contributed by atoms with Gasteiger partial charge in [0.05, 0.1) is 10.8 Å². The van der Waals surface area contributed by atoms with Gasteiger partial charge in [-0.05, 0) is 20.3 Å². The zero-order valence-corrected chi connectivity index (χ0v) is 12.1. The molecular weight excluding hydrogens is 280 g/mol. The Morgan fingerprint density at radius 1 is 1.48 bits per heavy atom. The highest BCUT2D eigenvalue weighted by atomic mass is 16.6. The molecule has 1 unspecified atom stereocenters. The highest BCUT2D eigenvalue weighted by molar-refractivity contribution is 5.76. The number of aryl methyl sites for hydroxylation is 1. The minimum absolute atomic E-state index is 0.0951. The van der Waals surface area contributed by atoms with E-state index in [0.29, 0.717) is 12.1 Å². The summed E-state index contributed by atoms with van der Waals surface area (Å²) in [6.07, 6.45) is 0.318. The van der Waals surface area contributed by atoms with Gasteiger partial charge in [0.15, 0.2) is 0 Å². The van der Waals surface area contributed by atoms with Gasteiger partial charge < -0.3 is 10.4 Å². The Hall–Kier alpha value is -2.45. The maximum atomic E-state index is 11.7. The summed E-state index contributed by atoms with van der Waals surface area (Å²) in [6, 6.07) is 0. The summed E-state index contributed by atoms with van der Waals surface area (Å²) >= 11 is 0. The van der Waals surface area contributed by atoms with Gasteiger partial charge in [0.1, 0.15) is 17.9 Å². The van der Waals surface area contributed by atoms with Gasteiger partial charge in [-0.25, -0.2) is 0 Å². The van der Waals surface area contributed by atoms with Gasteiger partial charge in [-0.1, -0.05) is 6.92 Å². The third-order valence-electron chi connectivity index (χ3n) is 3.14. The summed E-state index contributed by atoms with van der Waals surface area (Å²) < 4.78 is 1.27. The molecule has 0 aliphatic rings. The zero-order valence-electron chi connectivity index (χ0n) is 12.1. The van der Waals surface area contributed by atoms with Crippen LogP contribution in [0.15, 0.2) is 0 Å². The summed E-state index contributed by atoms with van der Waals surface area (Å²) in [4.78, 5) is 32.7. The first-order valence-electron chi connectivity index (χ1n) is 6.42. The Morgan fingerprint density at radius 2 is 2.10 bits per heavy atom. The van der Waals surface area contributed by atoms with Gasteiger partial charge in [0.25, 0.3) is 0 Å². The fourth-order valence-corrected chi connectivity index (χ4v) is 1.85. The first-order valence-corrected chi connectivity index (χ1v) is 6.42. The van der Waals surface area contributed by atoms with Crippen LogP contribution in [0.3, 0.4) is 0 Å². The van der Waals surface area contributed by atoms with Crippen molar-refractivity contribution < 1.29 is 19.6 Å². The molecule has 1 heterocycles. The molecule has 0 radical (unpaired) electrons. The van der Waals surface area contributed by atoms with Gasteiger partial charge in [0, 0.05) is 6.54 Å². The van der Waals surface area contributed by atoms with Crippen LogP contribution in [-0.2, 0) is 16.1 Å². The average Bonchev–Trinajstić information content (AvgIpc) is 2.63. The molecule has 116 valence electrons. The van der Waals surface area contributed by atoms with E-state index in [1.165, 1.54) is 18.5 Å². The van der Waals surface area contributed by atoms with Crippen LogP contribution in [0, 0.1) is 29.9 Å². The molecule has 0 saturated heterocycles. The molecule has 0 fully saturated rings. The molecule has 21 heavy (non-hydrogen) atoms. The van der Waals surface area contributed by atoms with Crippen molar-refractivity contribution in [1.29, 1.82) is 0 Å². The number of nitrogens with zero attached hydrogens (tertiary/aromatic N) is 3. The SMILES string of the molecule is Cc1nn(CC(=O)NCCC(C)C(=O)O)c(C)c1[N+](=O)[O-]. The molecule has 0 bridgehead atoms. The summed E-state index contributed by atoms with van der Waals surface area (Å²) in [7, 11) is 0. The second-order valence-electron chi connectivity index (χ2n) is 4.81. The van der Waals surface area contributed by atoms with E-state index < -0.39 is 16.8 Å². The van der Waals surface area contributed by atoms with Gasteiger partial charge in [-0.3, -0.25) is 24.4 Å². The summed E-state index contributed by atoms with van der Waals surface area (Å²) in [5.41, 5.74) is 0.471. The number of carboxylic acids is 1. The largest absolute Gasteiger partial charge is 0.481 e. The van der Waals surface area contributed by atoms with E-state index in [4.69, 9.17) is 5.11 Å². The number of carbonyl (C=O) groups is 2. The molecule has 0 spiro atoms. The van der Waals surface area contributed by atoms with Crippen LogP contribution in [0.2, 0.25) is 0 Å². The molecule has 9 heteroatoms. The Balaban J connectivity index is 2.58. The number of rotatable bonds is 7. The summed E-state index contributed by atoms with van der Waals surface area (Å²) in [5.74, 6) is -1.83. The van der Waals surface area contributed by atoms with Crippen molar-refractivity contribution in [2.45, 2.75) is 33.7 Å². The lowest BCUT2D eigenvalue weighted by atomic mass is 10.1. The maximum Gasteiger partial charge on any atom is 0.312 e. The quantitative estimate of drug-likeness (QED) is 0.561. The van der Waals surface area contributed by atoms with E-state index >= 15 is 0 Å². The minimum atomic E-state index is -0.918. The van der Waals surface area contributed by atoms with Gasteiger partial charge in [-0.15, -0.1) is 0 Å². The van der Waals surface area contributed by atoms with Crippen molar-refractivity contribution in [3.05, 3.63) is 21.5 Å². The lowest BCUT2D eigenvalue weighted by Gasteiger charge is -2.08. The number of nitrogens with one attached hydrogen (secondary N) is 1. The van der Waals surface area contributed by atoms with E-state index in [-0.39, 0.29) is 30.4 Å². The Kier molecular flexibility index (Phi) is 5.39. The van der Waals surface area contributed by atoms with Gasteiger partial charge >= 0.3 is 11.7 Å². The first kappa shape index (κ1) is 16.6. The standard InChI is InChI=1S/C12H18N4O5/c1-7(12(18)19)4-5-13-10(17)6-15-9(3)11(16(20)21)8(2)14-15/h7H,4-6H2,1-3H3,(H,13,17)(H,18,19). The third kappa shape index (κ3) is 4.26. The minimum Gasteiger partial charge on any atom is -0.481 e. The zero-order chi connectivity index (χ0) is 16.2. The van der Waals surface area contributed by atoms with Crippen molar-refractivity contribution in [2.75, 3.05) is 6.54 Å². The van der Waals surface area contributed by atoms with Crippen LogP contribution < -0.4 is 5.32 Å². The molecule has 1 amide bonds. The highest BCUT2D eigenvalue weighted by Crippen LogP contribution is 2.21. The van der Waals surface area contributed by atoms with Crippen molar-refractivity contribution in [3.8, 4) is 0 Å². The molecule has 0 saturated carbocycles. The number of hydrogen-bond donors (Lipinski definition) is 2. The lowest BCUT2D eigenvalue weighted by Crippen LogP contribution is -2.30. The van der Waals surface area contributed by atoms with Crippen molar-refractivity contribution in [1.82, 2.24) is 15.1 Å². The van der Waals surface area contributed by atoms with Crippen molar-refractivity contribution in [3.63, 3.8) is 0 Å². The number of nitro groups is 1. The average molecular weight is 298 g/mol. The van der Waals surface area contributed by atoms with Crippen LogP contribution in [0.5, 0.6) is 0 Å². The van der Waals surface area contributed by atoms with E-state index in [1.807, 2.05) is 0 Å². The van der Waals surface area contributed by atoms with Crippen LogP contribution in [0.1, 0.15) is 24.7 Å². The van der Waals surface area contributed by atoms with Crippen LogP contribution in [-0.4, -0.2) is 38.2 Å². The number of hydrogen-bond acceptors (Lipinski definition) is 5. The normalized spacial score (nSPS) is 12.0. The topological polar surface area (TPSA) is 127 Å². The molecule has 1 aromatic heterocycles. The second-order valence-corrected chi connectivity index (χ2v) is 4.81. The fourth-order valence-electron chi connectivity index (χ4n) is 1.85.